The van der Waals surface area contributed by atoms with Crippen molar-refractivity contribution in [1.29, 1.82) is 0 Å². The Morgan fingerprint density at radius 2 is 2.29 bits per heavy atom. The Kier molecular flexibility index (Phi) is 3.53. The number of fused-ring (bicyclic) bond motifs is 1. The number of primary sulfonamides is 1. The molecule has 1 unspecified atom stereocenters. The average Bonchev–Trinajstić information content (AvgIpc) is 2.58. The fourth-order valence-electron chi connectivity index (χ4n) is 1.86. The van der Waals surface area contributed by atoms with Crippen molar-refractivity contribution in [2.75, 3.05) is 20.6 Å². The van der Waals surface area contributed by atoms with E-state index in [2.05, 4.69) is 4.90 Å². The van der Waals surface area contributed by atoms with Crippen molar-refractivity contribution in [3.8, 4) is 0 Å². The molecule has 0 amide bonds. The van der Waals surface area contributed by atoms with Gasteiger partial charge in [0.15, 0.2) is 5.09 Å². The third-order valence-corrected chi connectivity index (χ3v) is 4.65. The van der Waals surface area contributed by atoms with Crippen LogP contribution in [0, 0.1) is 0 Å². The molecule has 5 nitrogen and oxygen atoms in total. The predicted molar refractivity (Wildman–Crippen MR) is 66.6 cm³/mol. The average molecular weight is 276 g/mol. The first kappa shape index (κ1) is 12.9. The molecule has 96 valence electrons. The van der Waals surface area contributed by atoms with E-state index in [-0.39, 0.29) is 5.09 Å². The van der Waals surface area contributed by atoms with E-state index in [0.29, 0.717) is 10.3 Å². The number of thioether (sulfide) groups is 1. The van der Waals surface area contributed by atoms with Crippen molar-refractivity contribution in [2.45, 2.75) is 28.3 Å². The molecule has 0 fully saturated rings. The Morgan fingerprint density at radius 3 is 2.88 bits per heavy atom. The number of rotatable bonds is 3. The second-order valence-corrected chi connectivity index (χ2v) is 7.23. The number of sulfonamides is 1. The quantitative estimate of drug-likeness (QED) is 0.887. The van der Waals surface area contributed by atoms with Crippen molar-refractivity contribution < 1.29 is 12.8 Å². The van der Waals surface area contributed by atoms with E-state index in [1.165, 1.54) is 0 Å². The molecule has 1 aromatic rings. The molecule has 0 aromatic carbocycles. The predicted octanol–water partition coefficient (Wildman–Crippen LogP) is 0.896. The van der Waals surface area contributed by atoms with Crippen molar-refractivity contribution in [2.24, 2.45) is 5.14 Å². The first-order chi connectivity index (χ1) is 7.86. The van der Waals surface area contributed by atoms with Crippen LogP contribution < -0.4 is 5.14 Å². The summed E-state index contributed by atoms with van der Waals surface area (Å²) in [5.41, 5.74) is 0.953. The molecule has 7 heteroatoms. The van der Waals surface area contributed by atoms with Crippen LogP contribution in [0.5, 0.6) is 0 Å². The van der Waals surface area contributed by atoms with Crippen LogP contribution in [0.25, 0.3) is 0 Å². The lowest BCUT2D eigenvalue weighted by Crippen LogP contribution is -2.25. The van der Waals surface area contributed by atoms with E-state index in [4.69, 9.17) is 9.56 Å². The zero-order valence-corrected chi connectivity index (χ0v) is 11.5. The number of hydrogen-bond donors (Lipinski definition) is 1. The molecular weight excluding hydrogens is 260 g/mol. The van der Waals surface area contributed by atoms with Gasteiger partial charge in [-0.1, -0.05) is 11.8 Å². The normalized spacial score (nSPS) is 20.6. The maximum atomic E-state index is 11.2. The molecule has 0 bridgehead atoms. The fraction of sp³-hybridized carbons (Fsp3) is 0.600. The summed E-state index contributed by atoms with van der Waals surface area (Å²) in [6.45, 7) is 0.954. The lowest BCUT2D eigenvalue weighted by Gasteiger charge is -2.23. The van der Waals surface area contributed by atoms with E-state index in [1.54, 1.807) is 17.8 Å². The zero-order valence-electron chi connectivity index (χ0n) is 9.84. The lowest BCUT2D eigenvalue weighted by molar-refractivity contribution is 0.366. The molecule has 1 aliphatic rings. The fourth-order valence-corrected chi connectivity index (χ4v) is 3.78. The first-order valence-electron chi connectivity index (χ1n) is 5.33. The Bertz CT molecular complexity index is 508. The van der Waals surface area contributed by atoms with Gasteiger partial charge in [-0.15, -0.1) is 0 Å². The van der Waals surface area contributed by atoms with Crippen molar-refractivity contribution >= 4 is 21.8 Å². The highest BCUT2D eigenvalue weighted by Crippen LogP contribution is 2.38. The molecule has 0 spiro atoms. The number of furan rings is 1. The van der Waals surface area contributed by atoms with Crippen molar-refractivity contribution in [3.05, 3.63) is 11.6 Å². The van der Waals surface area contributed by atoms with Gasteiger partial charge in [-0.2, -0.15) is 0 Å². The van der Waals surface area contributed by atoms with Crippen LogP contribution in [-0.4, -0.2) is 39.2 Å². The Morgan fingerprint density at radius 1 is 1.59 bits per heavy atom. The van der Waals surface area contributed by atoms with Crippen molar-refractivity contribution in [1.82, 2.24) is 4.90 Å². The Balaban J connectivity index is 2.19. The molecule has 0 saturated carbocycles. The van der Waals surface area contributed by atoms with Crippen LogP contribution in [-0.2, 0) is 16.4 Å². The summed E-state index contributed by atoms with van der Waals surface area (Å²) in [5.74, 6) is 0. The van der Waals surface area contributed by atoms with Gasteiger partial charge in [0, 0.05) is 23.4 Å². The summed E-state index contributed by atoms with van der Waals surface area (Å²) >= 11 is 1.59. The van der Waals surface area contributed by atoms with E-state index in [1.807, 2.05) is 14.1 Å². The summed E-state index contributed by atoms with van der Waals surface area (Å²) in [6.07, 6.45) is 1.87. The summed E-state index contributed by atoms with van der Waals surface area (Å²) in [5, 5.41) is 6.06. The van der Waals surface area contributed by atoms with Gasteiger partial charge in [0.1, 0.15) is 0 Å². The molecule has 2 heterocycles. The standard InChI is InChI=1S/C10H16N2O3S2/c1-12(2)6-8-4-3-7-5-9(17(11,13)14)15-10(7)16-8/h5,8H,3-4,6H2,1-2H3,(H2,11,13,14). The summed E-state index contributed by atoms with van der Waals surface area (Å²) in [7, 11) is 0.316. The topological polar surface area (TPSA) is 76.5 Å². The van der Waals surface area contributed by atoms with E-state index in [9.17, 15) is 8.42 Å². The number of nitrogens with two attached hydrogens (primary N) is 1. The van der Waals surface area contributed by atoms with Gasteiger partial charge >= 0.3 is 0 Å². The lowest BCUT2D eigenvalue weighted by atomic mass is 10.1. The number of aryl methyl sites for hydroxylation is 1. The molecule has 1 aliphatic heterocycles. The van der Waals surface area contributed by atoms with Crippen LogP contribution >= 0.6 is 11.8 Å². The number of hydrogen-bond acceptors (Lipinski definition) is 5. The second-order valence-electron chi connectivity index (χ2n) is 4.46. The molecular formula is C10H16N2O3S2. The van der Waals surface area contributed by atoms with Crippen LogP contribution in [0.1, 0.15) is 12.0 Å². The zero-order chi connectivity index (χ0) is 12.6. The molecule has 1 aromatic heterocycles. The van der Waals surface area contributed by atoms with Gasteiger partial charge in [-0.3, -0.25) is 0 Å². The van der Waals surface area contributed by atoms with Crippen molar-refractivity contribution in [3.63, 3.8) is 0 Å². The van der Waals surface area contributed by atoms with Gasteiger partial charge in [-0.25, -0.2) is 13.6 Å². The Labute approximate surface area is 105 Å². The molecule has 2 N–H and O–H groups in total. The minimum absolute atomic E-state index is 0.125. The first-order valence-corrected chi connectivity index (χ1v) is 7.76. The monoisotopic (exact) mass is 276 g/mol. The summed E-state index contributed by atoms with van der Waals surface area (Å²) < 4.78 is 27.7. The minimum Gasteiger partial charge on any atom is -0.437 e. The molecule has 0 radical (unpaired) electrons. The Hall–Kier alpha value is -0.500. The molecule has 0 aliphatic carbocycles. The van der Waals surface area contributed by atoms with Crippen LogP contribution in [0.4, 0.5) is 0 Å². The SMILES string of the molecule is CN(C)CC1CCc2cc(S(N)(=O)=O)oc2S1. The van der Waals surface area contributed by atoms with Gasteiger partial charge in [0.05, 0.1) is 0 Å². The third-order valence-electron chi connectivity index (χ3n) is 2.61. The van der Waals surface area contributed by atoms with Crippen LogP contribution in [0.2, 0.25) is 0 Å². The largest absolute Gasteiger partial charge is 0.437 e. The van der Waals surface area contributed by atoms with Gasteiger partial charge < -0.3 is 9.32 Å². The maximum Gasteiger partial charge on any atom is 0.271 e. The molecule has 0 saturated heterocycles. The van der Waals surface area contributed by atoms with Crippen LogP contribution in [0.3, 0.4) is 0 Å². The smallest absolute Gasteiger partial charge is 0.271 e. The van der Waals surface area contributed by atoms with Gasteiger partial charge in [0.25, 0.3) is 10.0 Å². The maximum absolute atomic E-state index is 11.2. The van der Waals surface area contributed by atoms with E-state index >= 15 is 0 Å². The van der Waals surface area contributed by atoms with E-state index < -0.39 is 10.0 Å². The summed E-state index contributed by atoms with van der Waals surface area (Å²) in [4.78, 5) is 2.12. The molecule has 1 atom stereocenters. The van der Waals surface area contributed by atoms with E-state index in [0.717, 1.165) is 24.9 Å². The third kappa shape index (κ3) is 3.04. The minimum atomic E-state index is -3.73. The number of nitrogens with zero attached hydrogens (tertiary/aromatic N) is 1. The second kappa shape index (κ2) is 4.64. The van der Waals surface area contributed by atoms with Gasteiger partial charge in [0.2, 0.25) is 5.09 Å². The molecule has 2 rings (SSSR count). The van der Waals surface area contributed by atoms with Gasteiger partial charge in [-0.05, 0) is 26.9 Å². The molecule has 17 heavy (non-hydrogen) atoms. The van der Waals surface area contributed by atoms with Crippen LogP contribution in [0.15, 0.2) is 20.7 Å². The summed E-state index contributed by atoms with van der Waals surface area (Å²) in [6, 6.07) is 1.55. The highest BCUT2D eigenvalue weighted by Gasteiger charge is 2.26. The highest BCUT2D eigenvalue weighted by atomic mass is 32.2. The highest BCUT2D eigenvalue weighted by molar-refractivity contribution is 8.00.